The van der Waals surface area contributed by atoms with E-state index >= 15 is 0 Å². The van der Waals surface area contributed by atoms with E-state index in [-0.39, 0.29) is 0 Å². The predicted molar refractivity (Wildman–Crippen MR) is 81.1 cm³/mol. The summed E-state index contributed by atoms with van der Waals surface area (Å²) < 4.78 is 6.77. The minimum absolute atomic E-state index is 0.475. The second-order valence-corrected chi connectivity index (χ2v) is 7.53. The fourth-order valence-electron chi connectivity index (χ4n) is 3.58. The van der Waals surface area contributed by atoms with E-state index in [4.69, 9.17) is 16.3 Å². The van der Waals surface area contributed by atoms with Gasteiger partial charge in [-0.25, -0.2) is 0 Å². The van der Waals surface area contributed by atoms with Crippen LogP contribution in [0.3, 0.4) is 0 Å². The van der Waals surface area contributed by atoms with Crippen molar-refractivity contribution in [3.8, 4) is 0 Å². The van der Waals surface area contributed by atoms with E-state index in [2.05, 4.69) is 18.3 Å². The molecule has 0 saturated heterocycles. The Morgan fingerprint density at radius 2 is 2.32 bits per heavy atom. The molecule has 0 amide bonds. The van der Waals surface area contributed by atoms with Crippen molar-refractivity contribution < 1.29 is 4.74 Å². The average molecular weight is 300 g/mol. The van der Waals surface area contributed by atoms with Crippen LogP contribution in [0, 0.1) is 5.41 Å². The highest BCUT2D eigenvalue weighted by atomic mass is 35.5. The molecule has 0 aliphatic heterocycles. The van der Waals surface area contributed by atoms with Gasteiger partial charge in [-0.2, -0.15) is 0 Å². The first-order valence-corrected chi connectivity index (χ1v) is 8.53. The van der Waals surface area contributed by atoms with E-state index in [9.17, 15) is 0 Å². The Morgan fingerprint density at radius 3 is 2.89 bits per heavy atom. The van der Waals surface area contributed by atoms with Crippen molar-refractivity contribution >= 4 is 22.9 Å². The van der Waals surface area contributed by atoms with Gasteiger partial charge in [0.1, 0.15) is 0 Å². The lowest BCUT2D eigenvalue weighted by Gasteiger charge is -2.61. The first-order valence-electron chi connectivity index (χ1n) is 7.34. The van der Waals surface area contributed by atoms with Gasteiger partial charge >= 0.3 is 0 Å². The van der Waals surface area contributed by atoms with Crippen LogP contribution >= 0.6 is 22.9 Å². The van der Waals surface area contributed by atoms with Crippen molar-refractivity contribution in [1.82, 2.24) is 5.32 Å². The largest absolute Gasteiger partial charge is 0.378 e. The third-order valence-electron chi connectivity index (χ3n) is 4.83. The molecule has 2 aliphatic rings. The first kappa shape index (κ1) is 13.9. The van der Waals surface area contributed by atoms with Crippen LogP contribution in [0.15, 0.2) is 12.1 Å². The summed E-state index contributed by atoms with van der Waals surface area (Å²) in [7, 11) is 0. The third kappa shape index (κ3) is 2.58. The van der Waals surface area contributed by atoms with Gasteiger partial charge in [0.2, 0.25) is 0 Å². The summed E-state index contributed by atoms with van der Waals surface area (Å²) in [5, 5.41) is 3.74. The fourth-order valence-corrected chi connectivity index (χ4v) is 4.67. The smallest absolute Gasteiger partial charge is 0.0931 e. The van der Waals surface area contributed by atoms with E-state index in [0.29, 0.717) is 17.6 Å². The van der Waals surface area contributed by atoms with Gasteiger partial charge in [-0.3, -0.25) is 0 Å². The second kappa shape index (κ2) is 5.72. The molecule has 2 atom stereocenters. The Bertz CT molecular complexity index is 430. The van der Waals surface area contributed by atoms with Crippen LogP contribution in [0.25, 0.3) is 0 Å². The maximum atomic E-state index is 5.95. The standard InChI is InChI=1S/C15H22ClNOS/c1-2-18-13-10-12(15(13)7-3-8-15)17-9-6-11-4-5-14(16)19-11/h4-5,12-13,17H,2-3,6-10H2,1H3. The lowest BCUT2D eigenvalue weighted by Crippen LogP contribution is -2.67. The van der Waals surface area contributed by atoms with Crippen molar-refractivity contribution in [2.24, 2.45) is 5.41 Å². The number of nitrogens with one attached hydrogen (secondary N) is 1. The van der Waals surface area contributed by atoms with Gasteiger partial charge in [-0.1, -0.05) is 18.0 Å². The zero-order chi connectivity index (χ0) is 13.3. The maximum Gasteiger partial charge on any atom is 0.0931 e. The van der Waals surface area contributed by atoms with Crippen LogP contribution in [-0.2, 0) is 11.2 Å². The number of halogens is 1. The molecular weight excluding hydrogens is 278 g/mol. The van der Waals surface area contributed by atoms with Crippen molar-refractivity contribution in [1.29, 1.82) is 0 Å². The van der Waals surface area contributed by atoms with Crippen molar-refractivity contribution in [2.45, 2.75) is 51.2 Å². The van der Waals surface area contributed by atoms with Gasteiger partial charge in [0.05, 0.1) is 10.4 Å². The second-order valence-electron chi connectivity index (χ2n) is 5.73. The first-order chi connectivity index (χ1) is 9.24. The molecule has 0 bridgehead atoms. The molecule has 106 valence electrons. The van der Waals surface area contributed by atoms with Crippen molar-refractivity contribution in [3.63, 3.8) is 0 Å². The molecule has 1 N–H and O–H groups in total. The zero-order valence-corrected chi connectivity index (χ0v) is 13.0. The van der Waals surface area contributed by atoms with Crippen LogP contribution in [-0.4, -0.2) is 25.3 Å². The minimum atomic E-state index is 0.475. The predicted octanol–water partition coefficient (Wildman–Crippen LogP) is 3.88. The summed E-state index contributed by atoms with van der Waals surface area (Å²) in [6, 6.07) is 4.80. The molecule has 0 aromatic carbocycles. The molecule has 2 aliphatic carbocycles. The summed E-state index contributed by atoms with van der Waals surface area (Å²) in [4.78, 5) is 1.38. The summed E-state index contributed by atoms with van der Waals surface area (Å²) in [6.45, 7) is 4.02. The van der Waals surface area contributed by atoms with Gasteiger partial charge in [-0.15, -0.1) is 11.3 Å². The SMILES string of the molecule is CCOC1CC(NCCc2ccc(Cl)s2)C12CCC2. The van der Waals surface area contributed by atoms with E-state index in [0.717, 1.165) is 23.9 Å². The Balaban J connectivity index is 1.46. The molecule has 1 aromatic heterocycles. The molecule has 2 fully saturated rings. The third-order valence-corrected chi connectivity index (χ3v) is 6.12. The number of thiophene rings is 1. The molecule has 2 saturated carbocycles. The van der Waals surface area contributed by atoms with Crippen LogP contribution in [0.5, 0.6) is 0 Å². The molecule has 1 aromatic rings. The van der Waals surface area contributed by atoms with Crippen LogP contribution < -0.4 is 5.32 Å². The molecule has 2 nitrogen and oxygen atoms in total. The molecule has 1 spiro atoms. The summed E-state index contributed by atoms with van der Waals surface area (Å²) in [5.74, 6) is 0. The molecular formula is C15H22ClNOS. The van der Waals surface area contributed by atoms with Gasteiger partial charge in [0.15, 0.2) is 0 Å². The molecule has 4 heteroatoms. The minimum Gasteiger partial charge on any atom is -0.378 e. The summed E-state index contributed by atoms with van der Waals surface area (Å²) in [5.41, 5.74) is 0.475. The highest BCUT2D eigenvalue weighted by molar-refractivity contribution is 7.16. The Morgan fingerprint density at radius 1 is 1.47 bits per heavy atom. The van der Waals surface area contributed by atoms with E-state index in [1.807, 2.05) is 6.07 Å². The Kier molecular flexibility index (Phi) is 4.18. The van der Waals surface area contributed by atoms with Gasteiger partial charge in [0.25, 0.3) is 0 Å². The van der Waals surface area contributed by atoms with Crippen LogP contribution in [0.4, 0.5) is 0 Å². The lowest BCUT2D eigenvalue weighted by molar-refractivity contribution is -0.172. The van der Waals surface area contributed by atoms with Crippen molar-refractivity contribution in [3.05, 3.63) is 21.3 Å². The molecule has 3 rings (SSSR count). The highest BCUT2D eigenvalue weighted by Crippen LogP contribution is 2.57. The summed E-state index contributed by atoms with van der Waals surface area (Å²) >= 11 is 7.65. The van der Waals surface area contributed by atoms with E-state index in [1.165, 1.54) is 30.6 Å². The number of ether oxygens (including phenoxy) is 1. The van der Waals surface area contributed by atoms with Crippen molar-refractivity contribution in [2.75, 3.05) is 13.2 Å². The van der Waals surface area contributed by atoms with E-state index < -0.39 is 0 Å². The number of hydrogen-bond acceptors (Lipinski definition) is 3. The number of hydrogen-bond donors (Lipinski definition) is 1. The maximum absolute atomic E-state index is 5.95. The monoisotopic (exact) mass is 299 g/mol. The fraction of sp³-hybridized carbons (Fsp3) is 0.733. The molecule has 1 heterocycles. The van der Waals surface area contributed by atoms with Crippen LogP contribution in [0.1, 0.15) is 37.5 Å². The Labute approximate surface area is 124 Å². The quantitative estimate of drug-likeness (QED) is 0.860. The van der Waals surface area contributed by atoms with Gasteiger partial charge in [0, 0.05) is 29.5 Å². The van der Waals surface area contributed by atoms with E-state index in [1.54, 1.807) is 11.3 Å². The Hall–Kier alpha value is -0.0900. The zero-order valence-electron chi connectivity index (χ0n) is 11.5. The lowest BCUT2D eigenvalue weighted by atomic mass is 9.51. The molecule has 0 radical (unpaired) electrons. The average Bonchev–Trinajstić information content (AvgIpc) is 2.70. The molecule has 19 heavy (non-hydrogen) atoms. The van der Waals surface area contributed by atoms with Gasteiger partial charge < -0.3 is 10.1 Å². The van der Waals surface area contributed by atoms with Gasteiger partial charge in [-0.05, 0) is 44.7 Å². The summed E-state index contributed by atoms with van der Waals surface area (Å²) in [6.07, 6.45) is 6.87. The van der Waals surface area contributed by atoms with Crippen LogP contribution in [0.2, 0.25) is 4.34 Å². The highest BCUT2D eigenvalue weighted by Gasteiger charge is 2.58. The number of rotatable bonds is 6. The topological polar surface area (TPSA) is 21.3 Å². The normalized spacial score (nSPS) is 28.1. The molecule has 2 unspecified atom stereocenters.